The minimum atomic E-state index is -0.0199. The third kappa shape index (κ3) is 7.48. The Balaban J connectivity index is 0.000000313. The molecule has 2 heteroatoms. The average Bonchev–Trinajstić information content (AvgIpc) is 2.57. The number of benzene rings is 2. The molecule has 0 aliphatic rings. The highest BCUT2D eigenvalue weighted by molar-refractivity contribution is 5.55. The predicted molar refractivity (Wildman–Crippen MR) is 102 cm³/mol. The van der Waals surface area contributed by atoms with E-state index in [1.807, 2.05) is 44.4 Å². The van der Waals surface area contributed by atoms with Crippen LogP contribution in [0.4, 0.5) is 5.69 Å². The van der Waals surface area contributed by atoms with Crippen molar-refractivity contribution in [2.45, 2.75) is 13.0 Å². The van der Waals surface area contributed by atoms with E-state index in [0.717, 1.165) is 5.56 Å². The van der Waals surface area contributed by atoms with Crippen molar-refractivity contribution in [2.24, 2.45) is 0 Å². The van der Waals surface area contributed by atoms with Gasteiger partial charge in [-0.15, -0.1) is 6.58 Å². The molecule has 0 aromatic heterocycles. The van der Waals surface area contributed by atoms with Gasteiger partial charge in [-0.3, -0.25) is 0 Å². The molecule has 0 saturated carbocycles. The summed E-state index contributed by atoms with van der Waals surface area (Å²) >= 11 is 0. The molecule has 23 heavy (non-hydrogen) atoms. The molecule has 0 spiro atoms. The second kappa shape index (κ2) is 10.4. The molecule has 0 N–H and O–H groups in total. The maximum atomic E-state index is 5.17. The van der Waals surface area contributed by atoms with Crippen LogP contribution >= 0.6 is 0 Å². The standard InChI is InChI=1S/C14H19NO.C7H8/c1-5-14(16-4)11-8-12-6-9-13(10-7-12)15(2)3;1-7-5-3-2-4-6-7/h5-11,14H,1H2,2-4H3;2-6H,1H3/b11-8+;. The lowest BCUT2D eigenvalue weighted by atomic mass is 10.1. The molecular formula is C21H27NO. The molecular weight excluding hydrogens is 282 g/mol. The molecule has 2 aromatic carbocycles. The summed E-state index contributed by atoms with van der Waals surface area (Å²) < 4.78 is 5.17. The van der Waals surface area contributed by atoms with Gasteiger partial charge in [-0.05, 0) is 24.6 Å². The summed E-state index contributed by atoms with van der Waals surface area (Å²) in [6, 6.07) is 18.6. The molecule has 0 radical (unpaired) electrons. The van der Waals surface area contributed by atoms with Gasteiger partial charge < -0.3 is 9.64 Å². The first kappa shape index (κ1) is 18.7. The monoisotopic (exact) mass is 309 g/mol. The number of hydrogen-bond acceptors (Lipinski definition) is 2. The van der Waals surface area contributed by atoms with E-state index < -0.39 is 0 Å². The third-order valence-electron chi connectivity index (χ3n) is 3.33. The fourth-order valence-corrected chi connectivity index (χ4v) is 1.88. The number of nitrogens with zero attached hydrogens (tertiary/aromatic N) is 1. The van der Waals surface area contributed by atoms with Gasteiger partial charge in [0.15, 0.2) is 0 Å². The first-order valence-corrected chi connectivity index (χ1v) is 7.69. The van der Waals surface area contributed by atoms with Gasteiger partial charge in [-0.25, -0.2) is 0 Å². The summed E-state index contributed by atoms with van der Waals surface area (Å²) in [5.74, 6) is 0. The Kier molecular flexibility index (Phi) is 8.48. The Morgan fingerprint density at radius 3 is 2.00 bits per heavy atom. The van der Waals surface area contributed by atoms with Crippen LogP contribution in [-0.4, -0.2) is 27.3 Å². The number of aryl methyl sites for hydroxylation is 1. The first-order valence-electron chi connectivity index (χ1n) is 7.69. The van der Waals surface area contributed by atoms with Crippen LogP contribution in [0.15, 0.2) is 73.3 Å². The third-order valence-corrected chi connectivity index (χ3v) is 3.33. The predicted octanol–water partition coefficient (Wildman–Crippen LogP) is 4.96. The van der Waals surface area contributed by atoms with Gasteiger partial charge in [0.05, 0.1) is 6.10 Å². The summed E-state index contributed by atoms with van der Waals surface area (Å²) in [5, 5.41) is 0. The lowest BCUT2D eigenvalue weighted by Gasteiger charge is -2.11. The molecule has 0 aliphatic carbocycles. The summed E-state index contributed by atoms with van der Waals surface area (Å²) in [7, 11) is 5.73. The van der Waals surface area contributed by atoms with Crippen molar-refractivity contribution < 1.29 is 4.74 Å². The van der Waals surface area contributed by atoms with Crippen LogP contribution in [0.2, 0.25) is 0 Å². The maximum Gasteiger partial charge on any atom is 0.0934 e. The molecule has 2 aromatic rings. The highest BCUT2D eigenvalue weighted by Crippen LogP contribution is 2.13. The van der Waals surface area contributed by atoms with Gasteiger partial charge in [-0.2, -0.15) is 0 Å². The van der Waals surface area contributed by atoms with E-state index in [1.165, 1.54) is 11.3 Å². The van der Waals surface area contributed by atoms with Gasteiger partial charge in [0, 0.05) is 26.9 Å². The van der Waals surface area contributed by atoms with Crippen molar-refractivity contribution in [3.8, 4) is 0 Å². The molecule has 0 amide bonds. The molecule has 1 atom stereocenters. The zero-order valence-electron chi connectivity index (χ0n) is 14.6. The Bertz CT molecular complexity index is 585. The Hall–Kier alpha value is -2.32. The lowest BCUT2D eigenvalue weighted by molar-refractivity contribution is 0.178. The molecule has 0 saturated heterocycles. The largest absolute Gasteiger partial charge is 0.378 e. The SMILES string of the molecule is C=CC(/C=C/c1ccc(N(C)C)cc1)OC.Cc1ccccc1. The normalized spacial score (nSPS) is 11.5. The van der Waals surface area contributed by atoms with Crippen LogP contribution in [-0.2, 0) is 4.74 Å². The number of methoxy groups -OCH3 is 1. The van der Waals surface area contributed by atoms with Crippen molar-refractivity contribution in [3.63, 3.8) is 0 Å². The molecule has 122 valence electrons. The summed E-state index contributed by atoms with van der Waals surface area (Å²) in [5.41, 5.74) is 3.68. The number of hydrogen-bond donors (Lipinski definition) is 0. The van der Waals surface area contributed by atoms with Crippen molar-refractivity contribution in [3.05, 3.63) is 84.5 Å². The molecule has 0 heterocycles. The van der Waals surface area contributed by atoms with E-state index in [-0.39, 0.29) is 6.10 Å². The van der Waals surface area contributed by atoms with Crippen LogP contribution in [0.25, 0.3) is 6.08 Å². The first-order chi connectivity index (χ1) is 11.1. The molecule has 0 bridgehead atoms. The van der Waals surface area contributed by atoms with Gasteiger partial charge in [0.25, 0.3) is 0 Å². The van der Waals surface area contributed by atoms with E-state index in [1.54, 1.807) is 13.2 Å². The second-order valence-electron chi connectivity index (χ2n) is 5.44. The van der Waals surface area contributed by atoms with Crippen molar-refractivity contribution in [2.75, 3.05) is 26.1 Å². The van der Waals surface area contributed by atoms with E-state index in [4.69, 9.17) is 4.74 Å². The zero-order valence-corrected chi connectivity index (χ0v) is 14.6. The highest BCUT2D eigenvalue weighted by atomic mass is 16.5. The lowest BCUT2D eigenvalue weighted by Crippen LogP contribution is -2.07. The molecule has 2 nitrogen and oxygen atoms in total. The van der Waals surface area contributed by atoms with E-state index in [9.17, 15) is 0 Å². The van der Waals surface area contributed by atoms with Crippen LogP contribution in [0.1, 0.15) is 11.1 Å². The average molecular weight is 309 g/mol. The van der Waals surface area contributed by atoms with Crippen molar-refractivity contribution in [1.29, 1.82) is 0 Å². The van der Waals surface area contributed by atoms with Crippen LogP contribution < -0.4 is 4.90 Å². The topological polar surface area (TPSA) is 12.5 Å². The quantitative estimate of drug-likeness (QED) is 0.724. The molecule has 0 fully saturated rings. The smallest absolute Gasteiger partial charge is 0.0934 e. The highest BCUT2D eigenvalue weighted by Gasteiger charge is 1.96. The maximum absolute atomic E-state index is 5.17. The van der Waals surface area contributed by atoms with Crippen molar-refractivity contribution in [1.82, 2.24) is 0 Å². The minimum Gasteiger partial charge on any atom is -0.378 e. The summed E-state index contributed by atoms with van der Waals surface area (Å²) in [6.07, 6.45) is 5.77. The Morgan fingerprint density at radius 1 is 1.00 bits per heavy atom. The van der Waals surface area contributed by atoms with Gasteiger partial charge in [-0.1, -0.05) is 66.3 Å². The van der Waals surface area contributed by atoms with Gasteiger partial charge >= 0.3 is 0 Å². The van der Waals surface area contributed by atoms with Crippen molar-refractivity contribution >= 4 is 11.8 Å². The molecule has 0 aliphatic heterocycles. The fraction of sp³-hybridized carbons (Fsp3) is 0.238. The number of ether oxygens (including phenoxy) is 1. The summed E-state index contributed by atoms with van der Waals surface area (Å²) in [6.45, 7) is 5.78. The molecule has 1 unspecified atom stereocenters. The van der Waals surface area contributed by atoms with Gasteiger partial charge in [0.2, 0.25) is 0 Å². The summed E-state index contributed by atoms with van der Waals surface area (Å²) in [4.78, 5) is 2.08. The Labute approximate surface area is 140 Å². The minimum absolute atomic E-state index is 0.0199. The van der Waals surface area contributed by atoms with Gasteiger partial charge in [0.1, 0.15) is 0 Å². The molecule has 2 rings (SSSR count). The van der Waals surface area contributed by atoms with E-state index in [2.05, 4.69) is 54.8 Å². The second-order valence-corrected chi connectivity index (χ2v) is 5.44. The van der Waals surface area contributed by atoms with E-state index in [0.29, 0.717) is 0 Å². The Morgan fingerprint density at radius 2 is 1.61 bits per heavy atom. The number of rotatable bonds is 5. The number of anilines is 1. The van der Waals surface area contributed by atoms with Crippen LogP contribution in [0, 0.1) is 6.92 Å². The fourth-order valence-electron chi connectivity index (χ4n) is 1.88. The van der Waals surface area contributed by atoms with Crippen LogP contribution in [0.3, 0.4) is 0 Å². The van der Waals surface area contributed by atoms with E-state index >= 15 is 0 Å². The zero-order chi connectivity index (χ0) is 17.1. The van der Waals surface area contributed by atoms with Crippen LogP contribution in [0.5, 0.6) is 0 Å².